The van der Waals surface area contributed by atoms with Crippen molar-refractivity contribution < 1.29 is 56.4 Å². The van der Waals surface area contributed by atoms with Gasteiger partial charge in [0.25, 0.3) is 0 Å². The summed E-state index contributed by atoms with van der Waals surface area (Å²) in [5.41, 5.74) is 4.41. The second kappa shape index (κ2) is 20.2. The minimum atomic E-state index is 0. The summed E-state index contributed by atoms with van der Waals surface area (Å²) >= 11 is 5.41. The molecule has 1 aliphatic heterocycles. The molecular formula is C29H36N2O5S2Y-2. The molecule has 0 unspecified atom stereocenters. The Hall–Kier alpha value is -1.72. The van der Waals surface area contributed by atoms with Crippen LogP contribution in [0.3, 0.4) is 0 Å². The van der Waals surface area contributed by atoms with E-state index < -0.39 is 0 Å². The number of hydrogen-bond acceptors (Lipinski definition) is 7. The van der Waals surface area contributed by atoms with Crippen molar-refractivity contribution in [1.29, 1.82) is 0 Å². The molecule has 0 aromatic heterocycles. The van der Waals surface area contributed by atoms with E-state index in [1.807, 2.05) is 77.1 Å². The SMILES string of the molecule is COc1cccc(CN([S-])Cc2cccc(OC)c2)c1.COc1cccc(COCCOCC2=C[N-]2)c1.S.[Y]. The number of nitrogens with zero attached hydrogens (tertiary/aromatic N) is 2. The van der Waals surface area contributed by atoms with Gasteiger partial charge in [-0.15, -0.1) is 0 Å². The van der Waals surface area contributed by atoms with Crippen LogP contribution < -0.4 is 14.2 Å². The van der Waals surface area contributed by atoms with E-state index in [4.69, 9.17) is 36.5 Å². The fraction of sp³-hybridized carbons (Fsp3) is 0.310. The average Bonchev–Trinajstić information content (AvgIpc) is 3.76. The van der Waals surface area contributed by atoms with Crippen molar-refractivity contribution >= 4 is 26.3 Å². The van der Waals surface area contributed by atoms with E-state index in [1.54, 1.807) is 27.5 Å². The zero-order valence-electron chi connectivity index (χ0n) is 22.7. The molecule has 1 heterocycles. The third-order valence-corrected chi connectivity index (χ3v) is 5.58. The third-order valence-electron chi connectivity index (χ3n) is 5.32. The number of hydrogen-bond donors (Lipinski definition) is 0. The van der Waals surface area contributed by atoms with Crippen LogP contribution in [-0.4, -0.2) is 45.5 Å². The van der Waals surface area contributed by atoms with Crippen LogP contribution in [0.2, 0.25) is 0 Å². The van der Waals surface area contributed by atoms with E-state index in [0.29, 0.717) is 39.5 Å². The number of rotatable bonds is 14. The molecule has 1 radical (unpaired) electrons. The Morgan fingerprint density at radius 1 is 0.667 bits per heavy atom. The maximum atomic E-state index is 5.49. The summed E-state index contributed by atoms with van der Waals surface area (Å²) < 4.78 is 28.2. The van der Waals surface area contributed by atoms with Gasteiger partial charge in [0.15, 0.2) is 0 Å². The van der Waals surface area contributed by atoms with E-state index in [9.17, 15) is 0 Å². The first-order chi connectivity index (χ1) is 18.1. The predicted octanol–water partition coefficient (Wildman–Crippen LogP) is 5.74. The first-order valence-corrected chi connectivity index (χ1v) is 12.3. The molecule has 3 aromatic carbocycles. The van der Waals surface area contributed by atoms with E-state index in [-0.39, 0.29) is 46.2 Å². The van der Waals surface area contributed by atoms with Crippen LogP contribution >= 0.6 is 13.5 Å². The van der Waals surface area contributed by atoms with Crippen LogP contribution in [0.15, 0.2) is 84.7 Å². The average molecular weight is 646 g/mol. The van der Waals surface area contributed by atoms with Crippen molar-refractivity contribution in [3.8, 4) is 17.2 Å². The molecule has 0 aliphatic carbocycles. The molecular weight excluding hydrogens is 609 g/mol. The zero-order valence-corrected chi connectivity index (χ0v) is 27.3. The van der Waals surface area contributed by atoms with Crippen molar-refractivity contribution in [2.24, 2.45) is 0 Å². The Morgan fingerprint density at radius 3 is 1.51 bits per heavy atom. The maximum Gasteiger partial charge on any atom is 0.119 e. The van der Waals surface area contributed by atoms with Gasteiger partial charge < -0.3 is 46.1 Å². The normalized spacial score (nSPS) is 11.1. The van der Waals surface area contributed by atoms with E-state index in [1.165, 1.54) is 0 Å². The number of ether oxygens (including phenoxy) is 5. The molecule has 0 saturated carbocycles. The molecule has 0 amide bonds. The summed E-state index contributed by atoms with van der Waals surface area (Å²) in [4.78, 5) is 0. The summed E-state index contributed by atoms with van der Waals surface area (Å²) in [5, 5.41) is 3.90. The van der Waals surface area contributed by atoms with Gasteiger partial charge in [-0.1, -0.05) is 36.4 Å². The molecule has 0 fully saturated rings. The van der Waals surface area contributed by atoms with Gasteiger partial charge in [-0.3, -0.25) is 0 Å². The molecule has 4 rings (SSSR count). The van der Waals surface area contributed by atoms with E-state index in [2.05, 4.69) is 5.32 Å². The molecule has 0 saturated heterocycles. The molecule has 39 heavy (non-hydrogen) atoms. The molecule has 1 aliphatic rings. The molecule has 0 bridgehead atoms. The Labute approximate surface area is 270 Å². The summed E-state index contributed by atoms with van der Waals surface area (Å²) in [6, 6.07) is 23.8. The Kier molecular flexibility index (Phi) is 18.3. The van der Waals surface area contributed by atoms with Gasteiger partial charge in [-0.05, 0) is 53.1 Å². The molecule has 0 spiro atoms. The Bertz CT molecular complexity index is 1090. The Balaban J connectivity index is 0.000000375. The molecule has 3 aromatic rings. The topological polar surface area (TPSA) is 63.5 Å². The van der Waals surface area contributed by atoms with Crippen molar-refractivity contribution in [2.75, 3.05) is 41.2 Å². The van der Waals surface area contributed by atoms with Crippen molar-refractivity contribution in [3.63, 3.8) is 0 Å². The summed E-state index contributed by atoms with van der Waals surface area (Å²) in [7, 11) is 4.99. The summed E-state index contributed by atoms with van der Waals surface area (Å²) in [6.45, 7) is 3.75. The minimum absolute atomic E-state index is 0. The van der Waals surface area contributed by atoms with Gasteiger partial charge in [-0.2, -0.15) is 25.4 Å². The third kappa shape index (κ3) is 14.5. The second-order valence-electron chi connectivity index (χ2n) is 8.21. The molecule has 0 atom stereocenters. The van der Waals surface area contributed by atoms with Gasteiger partial charge >= 0.3 is 0 Å². The fourth-order valence-electron chi connectivity index (χ4n) is 3.37. The minimum Gasteiger partial charge on any atom is -0.701 e. The zero-order chi connectivity index (χ0) is 26.3. The maximum absolute atomic E-state index is 5.49. The van der Waals surface area contributed by atoms with Crippen LogP contribution in [0, 0.1) is 0 Å². The summed E-state index contributed by atoms with van der Waals surface area (Å²) in [5.74, 6) is 2.56. The first-order valence-electron chi connectivity index (χ1n) is 12.0. The molecule has 10 heteroatoms. The largest absolute Gasteiger partial charge is 0.701 e. The van der Waals surface area contributed by atoms with Crippen molar-refractivity contribution in [3.05, 3.63) is 107 Å². The quantitative estimate of drug-likeness (QED) is 0.164. The predicted molar refractivity (Wildman–Crippen MR) is 158 cm³/mol. The summed E-state index contributed by atoms with van der Waals surface area (Å²) in [6.07, 6.45) is 1.80. The molecule has 0 N–H and O–H groups in total. The van der Waals surface area contributed by atoms with Crippen LogP contribution in [-0.2, 0) is 74.7 Å². The first kappa shape index (κ1) is 35.3. The molecule has 7 nitrogen and oxygen atoms in total. The van der Waals surface area contributed by atoms with Crippen molar-refractivity contribution in [2.45, 2.75) is 19.7 Å². The van der Waals surface area contributed by atoms with Gasteiger partial charge in [0.1, 0.15) is 17.2 Å². The number of methoxy groups -OCH3 is 3. The van der Waals surface area contributed by atoms with Gasteiger partial charge in [0.2, 0.25) is 0 Å². The standard InChI is InChI=1S/C16H18NO2S.C13H16NO3.H2S.Y/c1-18-15-7-3-5-13(9-15)11-17(20)12-14-6-4-8-16(10-14)19-2;1-15-13-4-2-3-11(7-13)9-16-5-6-17-10-12-8-14-12;;/h3-10H,11-12H2,1-2H3;2-4,7-8H,5-6,9-10H2,1H3;1H2;/q2*-1;;. The fourth-order valence-corrected chi connectivity index (χ4v) is 3.67. The monoisotopic (exact) mass is 645 g/mol. The van der Waals surface area contributed by atoms with Gasteiger partial charge in [-0.25, -0.2) is 0 Å². The molecule has 209 valence electrons. The van der Waals surface area contributed by atoms with Crippen LogP contribution in [0.5, 0.6) is 17.2 Å². The van der Waals surface area contributed by atoms with E-state index >= 15 is 0 Å². The van der Waals surface area contributed by atoms with E-state index in [0.717, 1.165) is 39.6 Å². The smallest absolute Gasteiger partial charge is 0.119 e. The Morgan fingerprint density at radius 2 is 1.08 bits per heavy atom. The second-order valence-corrected chi connectivity index (χ2v) is 8.72. The number of benzene rings is 3. The van der Waals surface area contributed by atoms with Crippen LogP contribution in [0.1, 0.15) is 16.7 Å². The van der Waals surface area contributed by atoms with Crippen LogP contribution in [0.4, 0.5) is 0 Å². The van der Waals surface area contributed by atoms with Crippen LogP contribution in [0.25, 0.3) is 5.32 Å². The van der Waals surface area contributed by atoms with Gasteiger partial charge in [0.05, 0.1) is 41.2 Å². The van der Waals surface area contributed by atoms with Crippen molar-refractivity contribution in [1.82, 2.24) is 4.31 Å². The van der Waals surface area contributed by atoms with Gasteiger partial charge in [0, 0.05) is 52.4 Å².